The lowest BCUT2D eigenvalue weighted by Crippen LogP contribution is -2.15. The summed E-state index contributed by atoms with van der Waals surface area (Å²) in [5, 5.41) is 8.09. The minimum absolute atomic E-state index is 0.105. The van der Waals surface area contributed by atoms with Crippen molar-refractivity contribution >= 4 is 41.7 Å². The Morgan fingerprint density at radius 3 is 1.36 bits per heavy atom. The number of benzene rings is 4. The normalized spacial score (nSPS) is 13.4. The molecule has 0 spiro atoms. The van der Waals surface area contributed by atoms with E-state index < -0.39 is 20.1 Å². The number of hydrogen-bond donors (Lipinski definition) is 2. The van der Waals surface area contributed by atoms with E-state index in [-0.39, 0.29) is 31.7 Å². The van der Waals surface area contributed by atoms with Crippen LogP contribution in [0.3, 0.4) is 0 Å². The van der Waals surface area contributed by atoms with Gasteiger partial charge in [0.15, 0.2) is 0 Å². The van der Waals surface area contributed by atoms with Crippen LogP contribution in [-0.2, 0) is 31.0 Å². The predicted molar refractivity (Wildman–Crippen MR) is 145 cm³/mol. The molecule has 0 unspecified atom stereocenters. The van der Waals surface area contributed by atoms with Crippen LogP contribution in [0.1, 0.15) is 52.7 Å². The molecule has 0 bridgehead atoms. The molecule has 3 N–H and O–H groups in total. The maximum Gasteiger partial charge on any atom is 0.295 e. The molecule has 0 aromatic heterocycles. The molecule has 0 aliphatic heterocycles. The van der Waals surface area contributed by atoms with E-state index in [0.717, 1.165) is 16.5 Å². The van der Waals surface area contributed by atoms with Gasteiger partial charge in [-0.1, -0.05) is 90.1 Å². The van der Waals surface area contributed by atoms with Crippen LogP contribution in [-0.4, -0.2) is 21.4 Å². The molecule has 8 heteroatoms. The number of nitrogens with two attached hydrogens (primary N) is 1. The lowest BCUT2D eigenvalue weighted by molar-refractivity contribution is 0.483. The van der Waals surface area contributed by atoms with E-state index in [9.17, 15) is 21.4 Å². The van der Waals surface area contributed by atoms with Crippen molar-refractivity contribution in [3.8, 4) is 11.1 Å². The van der Waals surface area contributed by atoms with Crippen molar-refractivity contribution in [1.29, 1.82) is 0 Å². The largest absolute Gasteiger partial charge is 0.295 e. The van der Waals surface area contributed by atoms with E-state index in [2.05, 4.69) is 41.5 Å². The fraction of sp³-hybridized carbons (Fsp3) is 0.286. The van der Waals surface area contributed by atoms with Crippen LogP contribution in [0.15, 0.2) is 70.5 Å². The van der Waals surface area contributed by atoms with Crippen LogP contribution in [0.2, 0.25) is 0 Å². The zero-order valence-corrected chi connectivity index (χ0v) is 22.9. The summed E-state index contributed by atoms with van der Waals surface area (Å²) in [6.07, 6.45) is 0. The standard InChI is InChI=1S/C28H31NO5S2/c1-27(2,3)19-9-11-21-17(15-19)7-13-23(35(29,30)31)25(21)26-22-12-10-20(28(4,5)6)16-18(22)8-14-24(26)36(32,33)34/h7-16H,1-6H3,(H2,29,30,31)(H,32,33,34). The second kappa shape index (κ2) is 8.38. The Bertz CT molecular complexity index is 1610. The van der Waals surface area contributed by atoms with Crippen LogP contribution in [0.5, 0.6) is 0 Å². The highest BCUT2D eigenvalue weighted by Crippen LogP contribution is 2.43. The Balaban J connectivity index is 2.25. The molecule has 0 heterocycles. The zero-order valence-electron chi connectivity index (χ0n) is 21.2. The summed E-state index contributed by atoms with van der Waals surface area (Å²) in [5.41, 5.74) is 2.00. The Hall–Kier alpha value is -2.78. The minimum Gasteiger partial charge on any atom is -0.282 e. The van der Waals surface area contributed by atoms with Gasteiger partial charge in [0.2, 0.25) is 10.0 Å². The first-order valence-corrected chi connectivity index (χ1v) is 14.5. The van der Waals surface area contributed by atoms with Crippen molar-refractivity contribution in [1.82, 2.24) is 0 Å². The molecular weight excluding hydrogens is 494 g/mol. The average Bonchev–Trinajstić information content (AvgIpc) is 2.74. The van der Waals surface area contributed by atoms with Gasteiger partial charge in [-0.05, 0) is 55.6 Å². The molecule has 0 aliphatic rings. The first-order valence-electron chi connectivity index (χ1n) is 11.5. The lowest BCUT2D eigenvalue weighted by Gasteiger charge is -2.23. The summed E-state index contributed by atoms with van der Waals surface area (Å²) < 4.78 is 60.8. The fourth-order valence-electron chi connectivity index (χ4n) is 4.52. The number of primary sulfonamides is 1. The van der Waals surface area contributed by atoms with Gasteiger partial charge in [0, 0.05) is 11.1 Å². The van der Waals surface area contributed by atoms with E-state index in [1.54, 1.807) is 24.3 Å². The molecular formula is C28H31NO5S2. The van der Waals surface area contributed by atoms with Gasteiger partial charge in [-0.3, -0.25) is 4.55 Å². The monoisotopic (exact) mass is 525 g/mol. The van der Waals surface area contributed by atoms with Crippen LogP contribution in [0.25, 0.3) is 32.7 Å². The Kier molecular flexibility index (Phi) is 6.12. The summed E-state index contributed by atoms with van der Waals surface area (Å²) in [7, 11) is -8.96. The quantitative estimate of drug-likeness (QED) is 0.311. The molecule has 0 radical (unpaired) electrons. The van der Waals surface area contributed by atoms with E-state index >= 15 is 0 Å². The predicted octanol–water partition coefficient (Wildman–Crippen LogP) is 6.15. The van der Waals surface area contributed by atoms with Gasteiger partial charge in [-0.15, -0.1) is 0 Å². The molecule has 0 saturated carbocycles. The maximum absolute atomic E-state index is 12.7. The van der Waals surface area contributed by atoms with Crippen molar-refractivity contribution in [3.63, 3.8) is 0 Å². The summed E-state index contributed by atoms with van der Waals surface area (Å²) in [5.74, 6) is 0. The number of hydrogen-bond acceptors (Lipinski definition) is 4. The van der Waals surface area contributed by atoms with E-state index in [1.807, 2.05) is 24.3 Å². The van der Waals surface area contributed by atoms with E-state index in [4.69, 9.17) is 5.14 Å². The molecule has 190 valence electrons. The average molecular weight is 526 g/mol. The van der Waals surface area contributed by atoms with Gasteiger partial charge in [0.05, 0.1) is 4.90 Å². The third-order valence-electron chi connectivity index (χ3n) is 6.53. The summed E-state index contributed by atoms with van der Waals surface area (Å²) in [6.45, 7) is 12.4. The Morgan fingerprint density at radius 2 is 1.00 bits per heavy atom. The molecule has 4 aromatic carbocycles. The first-order chi connectivity index (χ1) is 16.4. The highest BCUT2D eigenvalue weighted by atomic mass is 32.2. The topological polar surface area (TPSA) is 115 Å². The third kappa shape index (κ3) is 4.78. The lowest BCUT2D eigenvalue weighted by atomic mass is 9.83. The van der Waals surface area contributed by atoms with Crippen LogP contribution in [0.4, 0.5) is 0 Å². The zero-order chi connectivity index (χ0) is 26.8. The summed E-state index contributed by atoms with van der Waals surface area (Å²) in [4.78, 5) is -0.591. The SMILES string of the molecule is CC(C)(C)c1ccc2c(-c3c(S(=O)(=O)O)ccc4cc(C(C)(C)C)ccc34)c(S(N)(=O)=O)ccc2c1. The summed E-state index contributed by atoms with van der Waals surface area (Å²) in [6, 6.07) is 17.3. The van der Waals surface area contributed by atoms with Crippen molar-refractivity contribution in [3.05, 3.63) is 71.8 Å². The molecule has 0 aliphatic carbocycles. The van der Waals surface area contributed by atoms with Crippen molar-refractivity contribution in [2.45, 2.75) is 62.2 Å². The molecule has 0 atom stereocenters. The molecule has 36 heavy (non-hydrogen) atoms. The molecule has 0 amide bonds. The van der Waals surface area contributed by atoms with Crippen molar-refractivity contribution in [2.75, 3.05) is 0 Å². The second-order valence-electron chi connectivity index (χ2n) is 11.3. The number of sulfonamides is 1. The van der Waals surface area contributed by atoms with Crippen molar-refractivity contribution in [2.24, 2.45) is 5.14 Å². The van der Waals surface area contributed by atoms with Gasteiger partial charge in [-0.2, -0.15) is 8.42 Å². The number of fused-ring (bicyclic) bond motifs is 2. The third-order valence-corrected chi connectivity index (χ3v) is 8.38. The van der Waals surface area contributed by atoms with Gasteiger partial charge in [0.25, 0.3) is 10.1 Å². The highest BCUT2D eigenvalue weighted by Gasteiger charge is 2.27. The Labute approximate surface area is 213 Å². The number of rotatable bonds is 3. The minimum atomic E-state index is -4.71. The highest BCUT2D eigenvalue weighted by molar-refractivity contribution is 7.89. The van der Waals surface area contributed by atoms with Crippen molar-refractivity contribution < 1.29 is 21.4 Å². The fourth-order valence-corrected chi connectivity index (χ4v) is 5.98. The molecule has 0 saturated heterocycles. The van der Waals surface area contributed by atoms with E-state index in [1.165, 1.54) is 12.1 Å². The van der Waals surface area contributed by atoms with Gasteiger partial charge < -0.3 is 0 Å². The van der Waals surface area contributed by atoms with Gasteiger partial charge >= 0.3 is 0 Å². The molecule has 4 aromatic rings. The Morgan fingerprint density at radius 1 is 0.611 bits per heavy atom. The summed E-state index contributed by atoms with van der Waals surface area (Å²) >= 11 is 0. The molecule has 4 rings (SSSR count). The van der Waals surface area contributed by atoms with Crippen LogP contribution >= 0.6 is 0 Å². The maximum atomic E-state index is 12.7. The first kappa shape index (κ1) is 26.3. The van der Waals surface area contributed by atoms with Crippen LogP contribution in [0, 0.1) is 0 Å². The molecule has 6 nitrogen and oxygen atoms in total. The smallest absolute Gasteiger partial charge is 0.282 e. The van der Waals surface area contributed by atoms with Gasteiger partial charge in [-0.25, -0.2) is 13.6 Å². The second-order valence-corrected chi connectivity index (χ2v) is 14.2. The molecule has 0 fully saturated rings. The van der Waals surface area contributed by atoms with Gasteiger partial charge in [0.1, 0.15) is 4.90 Å². The van der Waals surface area contributed by atoms with Crippen LogP contribution < -0.4 is 5.14 Å². The van der Waals surface area contributed by atoms with E-state index in [0.29, 0.717) is 16.2 Å².